The van der Waals surface area contributed by atoms with Gasteiger partial charge in [-0.2, -0.15) is 0 Å². The van der Waals surface area contributed by atoms with Gasteiger partial charge in [-0.05, 0) is 25.7 Å². The molecule has 0 aromatic rings. The fourth-order valence-electron chi connectivity index (χ4n) is 1.66. The molecule has 0 aliphatic heterocycles. The highest BCUT2D eigenvalue weighted by Crippen LogP contribution is 2.09. The summed E-state index contributed by atoms with van der Waals surface area (Å²) in [5, 5.41) is 13.8. The predicted molar refractivity (Wildman–Crippen MR) is 73.1 cm³/mol. The minimum absolute atomic E-state index is 0.0695. The molecule has 3 N–H and O–H groups in total. The number of amides is 2. The maximum atomic E-state index is 11.4. The van der Waals surface area contributed by atoms with Crippen LogP contribution in [0.5, 0.6) is 0 Å². The van der Waals surface area contributed by atoms with E-state index in [2.05, 4.69) is 24.5 Å². The number of aliphatic carboxylic acids is 1. The summed E-state index contributed by atoms with van der Waals surface area (Å²) in [5.74, 6) is -0.431. The zero-order valence-corrected chi connectivity index (χ0v) is 12.1. The van der Waals surface area contributed by atoms with Crippen LogP contribution in [0.1, 0.15) is 40.0 Å². The van der Waals surface area contributed by atoms with E-state index in [0.717, 1.165) is 6.42 Å². The van der Waals surface area contributed by atoms with Crippen LogP contribution in [-0.2, 0) is 9.53 Å². The molecular formula is C13H26N2O4. The minimum atomic E-state index is -0.848. The number of rotatable bonds is 10. The Morgan fingerprint density at radius 2 is 1.84 bits per heavy atom. The SMILES string of the molecule is CCOC(CCNC(=O)NCCCC(=O)O)C(C)C. The molecule has 6 nitrogen and oxygen atoms in total. The highest BCUT2D eigenvalue weighted by atomic mass is 16.5. The zero-order chi connectivity index (χ0) is 14.7. The summed E-state index contributed by atoms with van der Waals surface area (Å²) in [6.07, 6.45) is 1.43. The van der Waals surface area contributed by atoms with Crippen molar-refractivity contribution in [3.63, 3.8) is 0 Å². The molecule has 0 saturated heterocycles. The van der Waals surface area contributed by atoms with Gasteiger partial charge in [0.1, 0.15) is 0 Å². The summed E-state index contributed by atoms with van der Waals surface area (Å²) in [7, 11) is 0. The molecule has 1 unspecified atom stereocenters. The molecule has 0 aromatic heterocycles. The molecule has 0 aromatic carbocycles. The van der Waals surface area contributed by atoms with Crippen LogP contribution in [0.15, 0.2) is 0 Å². The number of urea groups is 1. The van der Waals surface area contributed by atoms with Gasteiger partial charge in [0, 0.05) is 26.1 Å². The van der Waals surface area contributed by atoms with Crippen molar-refractivity contribution < 1.29 is 19.4 Å². The van der Waals surface area contributed by atoms with E-state index in [1.165, 1.54) is 0 Å². The molecule has 0 rings (SSSR count). The Hall–Kier alpha value is -1.30. The molecule has 6 heteroatoms. The molecule has 0 fully saturated rings. The van der Waals surface area contributed by atoms with Crippen LogP contribution in [0.3, 0.4) is 0 Å². The van der Waals surface area contributed by atoms with E-state index < -0.39 is 5.97 Å². The van der Waals surface area contributed by atoms with Crippen molar-refractivity contribution in [2.24, 2.45) is 5.92 Å². The number of carbonyl (C=O) groups is 2. The second-order valence-electron chi connectivity index (χ2n) is 4.71. The first-order valence-corrected chi connectivity index (χ1v) is 6.82. The minimum Gasteiger partial charge on any atom is -0.481 e. The maximum absolute atomic E-state index is 11.4. The van der Waals surface area contributed by atoms with Crippen LogP contribution in [0.4, 0.5) is 4.79 Å². The lowest BCUT2D eigenvalue weighted by Gasteiger charge is -2.20. The van der Waals surface area contributed by atoms with Crippen molar-refractivity contribution in [1.29, 1.82) is 0 Å². The number of ether oxygens (including phenoxy) is 1. The first-order valence-electron chi connectivity index (χ1n) is 6.82. The van der Waals surface area contributed by atoms with E-state index >= 15 is 0 Å². The molecule has 112 valence electrons. The lowest BCUT2D eigenvalue weighted by atomic mass is 10.0. The lowest BCUT2D eigenvalue weighted by Crippen LogP contribution is -2.38. The fraction of sp³-hybridized carbons (Fsp3) is 0.846. The first-order chi connectivity index (χ1) is 8.97. The van der Waals surface area contributed by atoms with Crippen molar-refractivity contribution in [2.75, 3.05) is 19.7 Å². The van der Waals surface area contributed by atoms with Gasteiger partial charge in [-0.25, -0.2) is 4.79 Å². The standard InChI is InChI=1S/C13H26N2O4/c1-4-19-11(10(2)3)7-9-15-13(18)14-8-5-6-12(16)17/h10-11H,4-9H2,1-3H3,(H,16,17)(H2,14,15,18). The van der Waals surface area contributed by atoms with Crippen LogP contribution >= 0.6 is 0 Å². The van der Waals surface area contributed by atoms with E-state index in [-0.39, 0.29) is 18.6 Å². The number of nitrogens with one attached hydrogen (secondary N) is 2. The number of hydrogen-bond donors (Lipinski definition) is 3. The largest absolute Gasteiger partial charge is 0.481 e. The van der Waals surface area contributed by atoms with E-state index in [0.29, 0.717) is 32.0 Å². The second kappa shape index (κ2) is 10.6. The highest BCUT2D eigenvalue weighted by Gasteiger charge is 2.13. The molecule has 1 atom stereocenters. The Kier molecular flexibility index (Phi) is 9.88. The summed E-state index contributed by atoms with van der Waals surface area (Å²) in [6.45, 7) is 7.73. The van der Waals surface area contributed by atoms with Crippen molar-refractivity contribution in [3.05, 3.63) is 0 Å². The van der Waals surface area contributed by atoms with Crippen LogP contribution in [-0.4, -0.2) is 42.9 Å². The van der Waals surface area contributed by atoms with Gasteiger partial charge < -0.3 is 20.5 Å². The fourth-order valence-corrected chi connectivity index (χ4v) is 1.66. The van der Waals surface area contributed by atoms with Gasteiger partial charge >= 0.3 is 12.0 Å². The summed E-state index contributed by atoms with van der Waals surface area (Å²) in [4.78, 5) is 21.7. The van der Waals surface area contributed by atoms with Crippen LogP contribution in [0.2, 0.25) is 0 Å². The van der Waals surface area contributed by atoms with E-state index in [4.69, 9.17) is 9.84 Å². The molecule has 0 bridgehead atoms. The number of carbonyl (C=O) groups excluding carboxylic acids is 1. The van der Waals surface area contributed by atoms with Gasteiger partial charge in [0.2, 0.25) is 0 Å². The van der Waals surface area contributed by atoms with Crippen LogP contribution in [0, 0.1) is 5.92 Å². The van der Waals surface area contributed by atoms with Gasteiger partial charge in [0.15, 0.2) is 0 Å². The molecule has 0 spiro atoms. The lowest BCUT2D eigenvalue weighted by molar-refractivity contribution is -0.137. The number of hydrogen-bond acceptors (Lipinski definition) is 3. The Morgan fingerprint density at radius 3 is 2.37 bits per heavy atom. The monoisotopic (exact) mass is 274 g/mol. The molecule has 0 saturated carbocycles. The second-order valence-corrected chi connectivity index (χ2v) is 4.71. The Morgan fingerprint density at radius 1 is 1.21 bits per heavy atom. The molecule has 0 aliphatic carbocycles. The molecule has 0 aliphatic rings. The maximum Gasteiger partial charge on any atom is 0.314 e. The van der Waals surface area contributed by atoms with Crippen molar-refractivity contribution >= 4 is 12.0 Å². The van der Waals surface area contributed by atoms with E-state index in [1.807, 2.05) is 6.92 Å². The number of carboxylic acids is 1. The van der Waals surface area contributed by atoms with Gasteiger partial charge in [0.05, 0.1) is 6.10 Å². The van der Waals surface area contributed by atoms with Crippen molar-refractivity contribution in [3.8, 4) is 0 Å². The summed E-state index contributed by atoms with van der Waals surface area (Å²) in [6, 6.07) is -0.260. The Labute approximate surface area is 114 Å². The third-order valence-corrected chi connectivity index (χ3v) is 2.69. The summed E-state index contributed by atoms with van der Waals surface area (Å²) in [5.41, 5.74) is 0. The predicted octanol–water partition coefficient (Wildman–Crippen LogP) is 1.60. The molecular weight excluding hydrogens is 248 g/mol. The third-order valence-electron chi connectivity index (χ3n) is 2.69. The van der Waals surface area contributed by atoms with Gasteiger partial charge in [0.25, 0.3) is 0 Å². The number of carboxylic acid groups (broad SMARTS) is 1. The quantitative estimate of drug-likeness (QED) is 0.528. The average Bonchev–Trinajstić information content (AvgIpc) is 2.33. The molecule has 19 heavy (non-hydrogen) atoms. The highest BCUT2D eigenvalue weighted by molar-refractivity contribution is 5.73. The van der Waals surface area contributed by atoms with Crippen molar-refractivity contribution in [2.45, 2.75) is 46.1 Å². The van der Waals surface area contributed by atoms with E-state index in [9.17, 15) is 9.59 Å². The zero-order valence-electron chi connectivity index (χ0n) is 12.1. The Bertz CT molecular complexity index is 269. The first kappa shape index (κ1) is 17.7. The molecule has 0 radical (unpaired) electrons. The summed E-state index contributed by atoms with van der Waals surface area (Å²) >= 11 is 0. The van der Waals surface area contributed by atoms with Gasteiger partial charge in [-0.1, -0.05) is 13.8 Å². The third kappa shape index (κ3) is 10.3. The average molecular weight is 274 g/mol. The Balaban J connectivity index is 3.63. The van der Waals surface area contributed by atoms with Crippen molar-refractivity contribution in [1.82, 2.24) is 10.6 Å². The summed E-state index contributed by atoms with van der Waals surface area (Å²) < 4.78 is 5.57. The molecule has 0 heterocycles. The van der Waals surface area contributed by atoms with Gasteiger partial charge in [-0.15, -0.1) is 0 Å². The van der Waals surface area contributed by atoms with Gasteiger partial charge in [-0.3, -0.25) is 4.79 Å². The van der Waals surface area contributed by atoms with Crippen LogP contribution < -0.4 is 10.6 Å². The normalized spacial score (nSPS) is 12.2. The van der Waals surface area contributed by atoms with E-state index in [1.54, 1.807) is 0 Å². The smallest absolute Gasteiger partial charge is 0.314 e. The van der Waals surface area contributed by atoms with Crippen LogP contribution in [0.25, 0.3) is 0 Å². The molecule has 2 amide bonds. The topological polar surface area (TPSA) is 87.7 Å².